The minimum atomic E-state index is -0.574. The van der Waals surface area contributed by atoms with Crippen LogP contribution >= 0.6 is 0 Å². The average Bonchev–Trinajstić information content (AvgIpc) is 2.29. The van der Waals surface area contributed by atoms with Gasteiger partial charge in [0.2, 0.25) is 0 Å². The third kappa shape index (κ3) is 3.05. The molecular formula is C12H18N2O2. The first kappa shape index (κ1) is 12.7. The molecule has 0 unspecified atom stereocenters. The van der Waals surface area contributed by atoms with Crippen LogP contribution in [0.25, 0.3) is 0 Å². The highest BCUT2D eigenvalue weighted by Crippen LogP contribution is 2.23. The van der Waals surface area contributed by atoms with Crippen molar-refractivity contribution in [1.82, 2.24) is 4.98 Å². The number of rotatable bonds is 6. The fourth-order valence-electron chi connectivity index (χ4n) is 1.56. The maximum Gasteiger partial charge on any atom is 0.134 e. The lowest BCUT2D eigenvalue weighted by atomic mass is 10.1. The molecule has 1 aromatic heterocycles. The summed E-state index contributed by atoms with van der Waals surface area (Å²) in [6.45, 7) is 6.48. The van der Waals surface area contributed by atoms with Crippen LogP contribution < -0.4 is 4.90 Å². The SMILES string of the molecule is C=CCN(CCO)c1ncccc1[C@@H](C)O. The maximum absolute atomic E-state index is 9.63. The third-order valence-corrected chi connectivity index (χ3v) is 2.29. The van der Waals surface area contributed by atoms with Gasteiger partial charge in [0.05, 0.1) is 12.7 Å². The molecule has 0 saturated heterocycles. The molecule has 1 aromatic rings. The summed E-state index contributed by atoms with van der Waals surface area (Å²) in [5.74, 6) is 0.700. The first-order valence-corrected chi connectivity index (χ1v) is 5.30. The van der Waals surface area contributed by atoms with Gasteiger partial charge < -0.3 is 15.1 Å². The lowest BCUT2D eigenvalue weighted by molar-refractivity contribution is 0.199. The van der Waals surface area contributed by atoms with E-state index in [1.165, 1.54) is 0 Å². The Morgan fingerprint density at radius 1 is 1.62 bits per heavy atom. The van der Waals surface area contributed by atoms with Crippen LogP contribution in [0, 0.1) is 0 Å². The zero-order valence-corrected chi connectivity index (χ0v) is 9.50. The molecule has 0 fully saturated rings. The molecule has 88 valence electrons. The number of hydrogen-bond donors (Lipinski definition) is 2. The monoisotopic (exact) mass is 222 g/mol. The lowest BCUT2D eigenvalue weighted by Crippen LogP contribution is -2.28. The van der Waals surface area contributed by atoms with Gasteiger partial charge >= 0.3 is 0 Å². The van der Waals surface area contributed by atoms with Crippen molar-refractivity contribution in [2.75, 3.05) is 24.6 Å². The molecule has 1 atom stereocenters. The number of hydrogen-bond acceptors (Lipinski definition) is 4. The molecule has 0 aliphatic rings. The van der Waals surface area contributed by atoms with Gasteiger partial charge in [-0.05, 0) is 13.0 Å². The van der Waals surface area contributed by atoms with Crippen LogP contribution in [-0.2, 0) is 0 Å². The van der Waals surface area contributed by atoms with Crippen LogP contribution in [0.1, 0.15) is 18.6 Å². The Bertz CT molecular complexity index is 340. The number of aliphatic hydroxyl groups excluding tert-OH is 2. The number of anilines is 1. The van der Waals surface area contributed by atoms with E-state index in [4.69, 9.17) is 5.11 Å². The van der Waals surface area contributed by atoms with Gasteiger partial charge in [-0.2, -0.15) is 0 Å². The van der Waals surface area contributed by atoms with Crippen molar-refractivity contribution in [2.45, 2.75) is 13.0 Å². The molecule has 1 rings (SSSR count). The third-order valence-electron chi connectivity index (χ3n) is 2.29. The van der Waals surface area contributed by atoms with Crippen molar-refractivity contribution >= 4 is 5.82 Å². The molecule has 0 aliphatic carbocycles. The zero-order valence-electron chi connectivity index (χ0n) is 9.50. The lowest BCUT2D eigenvalue weighted by Gasteiger charge is -2.24. The van der Waals surface area contributed by atoms with E-state index in [1.807, 2.05) is 11.0 Å². The molecule has 0 radical (unpaired) electrons. The molecule has 1 heterocycles. The minimum absolute atomic E-state index is 0.0453. The van der Waals surface area contributed by atoms with E-state index >= 15 is 0 Å². The molecule has 16 heavy (non-hydrogen) atoms. The molecule has 0 aliphatic heterocycles. The molecule has 0 saturated carbocycles. The van der Waals surface area contributed by atoms with Crippen LogP contribution in [0.4, 0.5) is 5.82 Å². The second-order valence-corrected chi connectivity index (χ2v) is 3.55. The first-order chi connectivity index (χ1) is 7.70. The second kappa shape index (κ2) is 6.25. The molecule has 0 aromatic carbocycles. The molecule has 2 N–H and O–H groups in total. The van der Waals surface area contributed by atoms with Crippen molar-refractivity contribution in [3.8, 4) is 0 Å². The first-order valence-electron chi connectivity index (χ1n) is 5.30. The normalized spacial score (nSPS) is 12.2. The number of aliphatic hydroxyl groups is 2. The number of pyridine rings is 1. The second-order valence-electron chi connectivity index (χ2n) is 3.55. The van der Waals surface area contributed by atoms with E-state index in [9.17, 15) is 5.11 Å². The van der Waals surface area contributed by atoms with Gasteiger partial charge in [0.25, 0.3) is 0 Å². The standard InChI is InChI=1S/C12H18N2O2/c1-3-7-14(8-9-15)12-11(10(2)16)5-4-6-13-12/h3-6,10,15-16H,1,7-9H2,2H3/t10-/m1/s1. The Morgan fingerprint density at radius 3 is 2.94 bits per heavy atom. The topological polar surface area (TPSA) is 56.6 Å². The molecule has 4 nitrogen and oxygen atoms in total. The smallest absolute Gasteiger partial charge is 0.134 e. The molecule has 4 heteroatoms. The average molecular weight is 222 g/mol. The zero-order chi connectivity index (χ0) is 12.0. The molecule has 0 bridgehead atoms. The highest BCUT2D eigenvalue weighted by molar-refractivity contribution is 5.48. The predicted octanol–water partition coefficient (Wildman–Crippen LogP) is 1.12. The summed E-state index contributed by atoms with van der Waals surface area (Å²) in [5, 5.41) is 18.6. The van der Waals surface area contributed by atoms with Gasteiger partial charge in [0.15, 0.2) is 0 Å². The Balaban J connectivity index is 3.01. The summed E-state index contributed by atoms with van der Waals surface area (Å²) in [4.78, 5) is 6.13. The summed E-state index contributed by atoms with van der Waals surface area (Å²) < 4.78 is 0. The van der Waals surface area contributed by atoms with Gasteiger partial charge in [-0.25, -0.2) is 4.98 Å². The number of aromatic nitrogens is 1. The van der Waals surface area contributed by atoms with Gasteiger partial charge in [-0.1, -0.05) is 12.1 Å². The Hall–Kier alpha value is -1.39. The fraction of sp³-hybridized carbons (Fsp3) is 0.417. The van der Waals surface area contributed by atoms with Crippen molar-refractivity contribution in [2.24, 2.45) is 0 Å². The highest BCUT2D eigenvalue weighted by atomic mass is 16.3. The van der Waals surface area contributed by atoms with Crippen molar-refractivity contribution in [1.29, 1.82) is 0 Å². The predicted molar refractivity (Wildman–Crippen MR) is 64.4 cm³/mol. The van der Waals surface area contributed by atoms with E-state index in [2.05, 4.69) is 11.6 Å². The summed E-state index contributed by atoms with van der Waals surface area (Å²) in [7, 11) is 0. The summed E-state index contributed by atoms with van der Waals surface area (Å²) >= 11 is 0. The number of nitrogens with zero attached hydrogens (tertiary/aromatic N) is 2. The van der Waals surface area contributed by atoms with Crippen molar-refractivity contribution in [3.05, 3.63) is 36.5 Å². The quantitative estimate of drug-likeness (QED) is 0.708. The van der Waals surface area contributed by atoms with E-state index in [1.54, 1.807) is 25.3 Å². The van der Waals surface area contributed by atoms with Crippen LogP contribution in [0.5, 0.6) is 0 Å². The van der Waals surface area contributed by atoms with Gasteiger partial charge in [0, 0.05) is 24.8 Å². The van der Waals surface area contributed by atoms with Crippen molar-refractivity contribution < 1.29 is 10.2 Å². The summed E-state index contributed by atoms with van der Waals surface area (Å²) in [6.07, 6.45) is 2.85. The van der Waals surface area contributed by atoms with Crippen LogP contribution in [0.2, 0.25) is 0 Å². The van der Waals surface area contributed by atoms with Crippen LogP contribution in [0.15, 0.2) is 31.0 Å². The van der Waals surface area contributed by atoms with Crippen LogP contribution in [-0.4, -0.2) is 34.9 Å². The summed E-state index contributed by atoms with van der Waals surface area (Å²) in [5.41, 5.74) is 0.762. The summed E-state index contributed by atoms with van der Waals surface area (Å²) in [6, 6.07) is 3.62. The molecule has 0 spiro atoms. The van der Waals surface area contributed by atoms with Crippen LogP contribution in [0.3, 0.4) is 0 Å². The van der Waals surface area contributed by atoms with E-state index in [-0.39, 0.29) is 6.61 Å². The molecular weight excluding hydrogens is 204 g/mol. The Labute approximate surface area is 95.9 Å². The molecule has 0 amide bonds. The van der Waals surface area contributed by atoms with E-state index in [0.717, 1.165) is 5.56 Å². The maximum atomic E-state index is 9.63. The van der Waals surface area contributed by atoms with Gasteiger partial charge in [-0.15, -0.1) is 6.58 Å². The Morgan fingerprint density at radius 2 is 2.38 bits per heavy atom. The highest BCUT2D eigenvalue weighted by Gasteiger charge is 2.13. The largest absolute Gasteiger partial charge is 0.395 e. The minimum Gasteiger partial charge on any atom is -0.395 e. The van der Waals surface area contributed by atoms with Gasteiger partial charge in [-0.3, -0.25) is 0 Å². The Kier molecular flexibility index (Phi) is 4.95. The fourth-order valence-corrected chi connectivity index (χ4v) is 1.56. The van der Waals surface area contributed by atoms with Crippen molar-refractivity contribution in [3.63, 3.8) is 0 Å². The van der Waals surface area contributed by atoms with Gasteiger partial charge in [0.1, 0.15) is 5.82 Å². The van der Waals surface area contributed by atoms with E-state index < -0.39 is 6.10 Å². The van der Waals surface area contributed by atoms with E-state index in [0.29, 0.717) is 18.9 Å².